The molecule has 0 spiro atoms. The number of rotatable bonds is 8. The largest absolute Gasteiger partial charge is 0.573 e. The number of halogens is 3. The fraction of sp³-hybridized carbons (Fsp3) is 0.483. The molecule has 3 unspecified atom stereocenters. The van der Waals surface area contributed by atoms with Crippen LogP contribution in [0.25, 0.3) is 11.3 Å². The Balaban J connectivity index is 1.20. The molecule has 2 saturated heterocycles. The van der Waals surface area contributed by atoms with Gasteiger partial charge >= 0.3 is 12.3 Å². The second-order valence-electron chi connectivity index (χ2n) is 10.8. The van der Waals surface area contributed by atoms with E-state index < -0.39 is 12.3 Å². The number of nitrogens with zero attached hydrogens (tertiary/aromatic N) is 3. The summed E-state index contributed by atoms with van der Waals surface area (Å²) in [6.07, 6.45) is 1.14. The number of methoxy groups -OCH3 is 1. The Hall–Kier alpha value is -3.60. The van der Waals surface area contributed by atoms with Crippen molar-refractivity contribution >= 4 is 11.8 Å². The third-order valence-electron chi connectivity index (χ3n) is 8.12. The second kappa shape index (κ2) is 10.4. The number of alkyl halides is 3. The molecule has 2 aliphatic heterocycles. The van der Waals surface area contributed by atoms with Crippen LogP contribution < -0.4 is 9.64 Å². The Kier molecular flexibility index (Phi) is 6.93. The van der Waals surface area contributed by atoms with Crippen molar-refractivity contribution < 1.29 is 36.7 Å². The Morgan fingerprint density at radius 3 is 2.60 bits per heavy atom. The predicted molar refractivity (Wildman–Crippen MR) is 138 cm³/mol. The number of esters is 1. The van der Waals surface area contributed by atoms with E-state index >= 15 is 0 Å². The van der Waals surface area contributed by atoms with Gasteiger partial charge in [-0.15, -0.1) is 13.2 Å². The first-order valence-electron chi connectivity index (χ1n) is 13.5. The Bertz CT molecular complexity index is 1370. The van der Waals surface area contributed by atoms with E-state index in [2.05, 4.69) is 26.7 Å². The van der Waals surface area contributed by atoms with Gasteiger partial charge < -0.3 is 23.6 Å². The van der Waals surface area contributed by atoms with Crippen molar-refractivity contribution in [2.75, 3.05) is 12.0 Å². The molecule has 4 heterocycles. The minimum absolute atomic E-state index is 0.0398. The molecule has 0 radical (unpaired) electrons. The van der Waals surface area contributed by atoms with E-state index in [1.165, 1.54) is 19.2 Å². The molecule has 1 saturated carbocycles. The minimum atomic E-state index is -4.83. The zero-order chi connectivity index (χ0) is 28.0. The molecule has 3 fully saturated rings. The topological polar surface area (TPSA) is 86.9 Å². The van der Waals surface area contributed by atoms with Gasteiger partial charge in [0.25, 0.3) is 0 Å². The van der Waals surface area contributed by atoms with Crippen LogP contribution in [0, 0.1) is 5.92 Å². The molecule has 2 bridgehead atoms. The molecule has 6 rings (SSSR count). The first kappa shape index (κ1) is 26.6. The molecule has 4 atom stereocenters. The van der Waals surface area contributed by atoms with E-state index in [0.29, 0.717) is 28.5 Å². The highest BCUT2D eigenvalue weighted by molar-refractivity contribution is 5.89. The molecule has 40 heavy (non-hydrogen) atoms. The smallest absolute Gasteiger partial charge is 0.465 e. The maximum Gasteiger partial charge on any atom is 0.573 e. The molecule has 1 aliphatic carbocycles. The lowest BCUT2D eigenvalue weighted by Crippen LogP contribution is -2.47. The number of hydrogen-bond acceptors (Lipinski definition) is 8. The highest BCUT2D eigenvalue weighted by Gasteiger charge is 2.46. The van der Waals surface area contributed by atoms with Crippen LogP contribution in [0.4, 0.5) is 19.0 Å². The van der Waals surface area contributed by atoms with Gasteiger partial charge in [-0.1, -0.05) is 24.2 Å². The van der Waals surface area contributed by atoms with Gasteiger partial charge in [0.1, 0.15) is 23.0 Å². The molecular weight excluding hydrogens is 527 g/mol. The number of benzene rings is 1. The molecule has 11 heteroatoms. The summed E-state index contributed by atoms with van der Waals surface area (Å²) < 4.78 is 60.5. The molecular formula is C29H30F3N3O5. The monoisotopic (exact) mass is 557 g/mol. The average molecular weight is 558 g/mol. The van der Waals surface area contributed by atoms with Gasteiger partial charge in [-0.25, -0.2) is 9.78 Å². The summed E-state index contributed by atoms with van der Waals surface area (Å²) >= 11 is 0. The number of piperidine rings is 1. The highest BCUT2D eigenvalue weighted by Crippen LogP contribution is 2.47. The molecule has 2 aromatic heterocycles. The van der Waals surface area contributed by atoms with Gasteiger partial charge in [-0.05, 0) is 62.3 Å². The number of anilines is 1. The number of pyridine rings is 1. The normalized spacial score (nSPS) is 24.3. The van der Waals surface area contributed by atoms with Crippen molar-refractivity contribution in [3.8, 4) is 17.0 Å². The van der Waals surface area contributed by atoms with Gasteiger partial charge in [0.2, 0.25) is 0 Å². The van der Waals surface area contributed by atoms with E-state index in [-0.39, 0.29) is 42.0 Å². The minimum Gasteiger partial charge on any atom is -0.465 e. The van der Waals surface area contributed by atoms with Crippen LogP contribution in [0.15, 0.2) is 47.1 Å². The third kappa shape index (κ3) is 5.26. The van der Waals surface area contributed by atoms with E-state index in [1.54, 1.807) is 24.4 Å². The molecule has 3 aliphatic rings. The van der Waals surface area contributed by atoms with Crippen molar-refractivity contribution in [2.45, 2.75) is 76.1 Å². The Morgan fingerprint density at radius 1 is 1.12 bits per heavy atom. The highest BCUT2D eigenvalue weighted by atomic mass is 19.4. The van der Waals surface area contributed by atoms with Gasteiger partial charge in [0.05, 0.1) is 25.4 Å². The van der Waals surface area contributed by atoms with Crippen LogP contribution in [0.3, 0.4) is 0 Å². The Labute approximate surface area is 229 Å². The standard InChI is InChI=1S/C29H30F3N3O5/c1-16-11-19-12-20(13-23(16)35(19)25-10-9-18(14-33-25)28(36)37-2)38-15-22-26(34-40-27(22)17-7-8-17)21-5-3-4-6-24(21)39-29(30,31)32/h3-6,9-10,14,16-17,19-20,23H,7-8,11-13,15H2,1-2H3/t16-,19?,20?,23?/m1/s1. The number of carbonyl (C=O) groups is 1. The summed E-state index contributed by atoms with van der Waals surface area (Å²) in [4.78, 5) is 18.7. The number of hydrogen-bond donors (Lipinski definition) is 0. The maximum atomic E-state index is 13.1. The van der Waals surface area contributed by atoms with E-state index in [4.69, 9.17) is 14.0 Å². The quantitative estimate of drug-likeness (QED) is 0.300. The van der Waals surface area contributed by atoms with Gasteiger partial charge in [-0.3, -0.25) is 0 Å². The summed E-state index contributed by atoms with van der Waals surface area (Å²) in [6.45, 7) is 2.42. The van der Waals surface area contributed by atoms with Crippen LogP contribution in [0.2, 0.25) is 0 Å². The van der Waals surface area contributed by atoms with Crippen molar-refractivity contribution in [3.05, 3.63) is 59.5 Å². The summed E-state index contributed by atoms with van der Waals surface area (Å²) in [5.74, 6) is 1.39. The van der Waals surface area contributed by atoms with Gasteiger partial charge in [0, 0.05) is 35.3 Å². The number of para-hydroxylation sites is 1. The van der Waals surface area contributed by atoms with Crippen LogP contribution >= 0.6 is 0 Å². The molecule has 212 valence electrons. The van der Waals surface area contributed by atoms with Crippen molar-refractivity contribution in [1.82, 2.24) is 10.1 Å². The second-order valence-corrected chi connectivity index (χ2v) is 10.8. The van der Waals surface area contributed by atoms with Crippen molar-refractivity contribution in [3.63, 3.8) is 0 Å². The van der Waals surface area contributed by atoms with E-state index in [9.17, 15) is 18.0 Å². The average Bonchev–Trinajstić information content (AvgIpc) is 3.65. The molecule has 1 aromatic carbocycles. The number of ether oxygens (including phenoxy) is 3. The molecule has 3 aromatic rings. The summed E-state index contributed by atoms with van der Waals surface area (Å²) in [5, 5.41) is 4.18. The van der Waals surface area contributed by atoms with E-state index in [1.807, 2.05) is 6.07 Å². The Morgan fingerprint density at radius 2 is 1.93 bits per heavy atom. The molecule has 0 N–H and O–H groups in total. The lowest BCUT2D eigenvalue weighted by molar-refractivity contribution is -0.274. The fourth-order valence-corrected chi connectivity index (χ4v) is 6.16. The number of aromatic nitrogens is 2. The van der Waals surface area contributed by atoms with Crippen LogP contribution in [-0.2, 0) is 16.1 Å². The van der Waals surface area contributed by atoms with Gasteiger partial charge in [0.15, 0.2) is 0 Å². The van der Waals surface area contributed by atoms with Crippen molar-refractivity contribution in [2.24, 2.45) is 5.92 Å². The first-order chi connectivity index (χ1) is 19.2. The predicted octanol–water partition coefficient (Wildman–Crippen LogP) is 6.26. The lowest BCUT2D eigenvalue weighted by atomic mass is 9.96. The third-order valence-corrected chi connectivity index (χ3v) is 8.12. The molecule has 0 amide bonds. The summed E-state index contributed by atoms with van der Waals surface area (Å²) in [6, 6.07) is 10.00. The van der Waals surface area contributed by atoms with E-state index in [0.717, 1.165) is 37.9 Å². The SMILES string of the molecule is COC(=O)c1ccc(N2C3CC(OCc4c(-c5ccccc5OC(F)(F)F)noc4C4CC4)CC2[C@H](C)C3)nc1. The number of fused-ring (bicyclic) bond motifs is 2. The maximum absolute atomic E-state index is 13.1. The van der Waals surface area contributed by atoms with Gasteiger partial charge in [-0.2, -0.15) is 0 Å². The van der Waals surface area contributed by atoms with Crippen molar-refractivity contribution in [1.29, 1.82) is 0 Å². The lowest BCUT2D eigenvalue weighted by Gasteiger charge is -2.40. The summed E-state index contributed by atoms with van der Waals surface area (Å²) in [5.41, 5.74) is 1.64. The fourth-order valence-electron chi connectivity index (χ4n) is 6.16. The molecule has 8 nitrogen and oxygen atoms in total. The van der Waals surface area contributed by atoms with Crippen LogP contribution in [0.5, 0.6) is 5.75 Å². The van der Waals surface area contributed by atoms with Crippen LogP contribution in [-0.4, -0.2) is 47.8 Å². The van der Waals surface area contributed by atoms with Crippen LogP contribution in [0.1, 0.15) is 66.6 Å². The zero-order valence-corrected chi connectivity index (χ0v) is 22.2. The number of carbonyl (C=O) groups excluding carboxylic acids is 1. The first-order valence-corrected chi connectivity index (χ1v) is 13.5. The zero-order valence-electron chi connectivity index (χ0n) is 22.2. The summed E-state index contributed by atoms with van der Waals surface area (Å²) in [7, 11) is 1.34.